The number of aliphatic imine (C=N–C) groups is 1. The van der Waals surface area contributed by atoms with Crippen LogP contribution in [0.1, 0.15) is 37.4 Å². The summed E-state index contributed by atoms with van der Waals surface area (Å²) in [5.41, 5.74) is 3.15. The highest BCUT2D eigenvalue weighted by molar-refractivity contribution is 14.0. The number of oxazole rings is 1. The van der Waals surface area contributed by atoms with Crippen LogP contribution in [0.2, 0.25) is 0 Å². The molecule has 1 aliphatic heterocycles. The van der Waals surface area contributed by atoms with Crippen molar-refractivity contribution in [2.75, 3.05) is 39.5 Å². The van der Waals surface area contributed by atoms with E-state index >= 15 is 0 Å². The first-order chi connectivity index (χ1) is 14.7. The minimum Gasteiger partial charge on any atom is -0.444 e. The summed E-state index contributed by atoms with van der Waals surface area (Å²) >= 11 is 0. The van der Waals surface area contributed by atoms with Gasteiger partial charge in [0.05, 0.1) is 18.4 Å². The zero-order valence-corrected chi connectivity index (χ0v) is 20.9. The predicted octanol–water partition coefficient (Wildman–Crippen LogP) is 3.95. The molecule has 7 nitrogen and oxygen atoms in total. The third-order valence-corrected chi connectivity index (χ3v) is 4.91. The number of aromatic nitrogens is 1. The Bertz CT molecular complexity index is 773. The standard InChI is InChI=1S/C23H34N4O3.HI/c1-3-24-23(25-12-5-14-28-17-21-6-4-15-29-21)26-13-11-20-16-30-22(27-20)19-9-7-18(2)8-10-19;/h7-10,16,21H,3-6,11-15,17H2,1-2H3,(H2,24,25,26);1H. The van der Waals surface area contributed by atoms with Gasteiger partial charge in [-0.15, -0.1) is 24.0 Å². The summed E-state index contributed by atoms with van der Waals surface area (Å²) in [7, 11) is 0. The lowest BCUT2D eigenvalue weighted by Gasteiger charge is -2.11. The first kappa shape index (κ1) is 25.6. The lowest BCUT2D eigenvalue weighted by molar-refractivity contribution is 0.0171. The molecule has 3 rings (SSSR count). The molecule has 1 aliphatic rings. The maximum Gasteiger partial charge on any atom is 0.226 e. The van der Waals surface area contributed by atoms with Gasteiger partial charge < -0.3 is 24.5 Å². The molecule has 1 aromatic carbocycles. The zero-order valence-electron chi connectivity index (χ0n) is 18.6. The monoisotopic (exact) mass is 542 g/mol. The molecule has 0 aliphatic carbocycles. The molecule has 1 unspecified atom stereocenters. The van der Waals surface area contributed by atoms with Crippen molar-refractivity contribution < 1.29 is 13.9 Å². The second kappa shape index (κ2) is 14.4. The molecule has 172 valence electrons. The Morgan fingerprint density at radius 3 is 2.84 bits per heavy atom. The van der Waals surface area contributed by atoms with Crippen molar-refractivity contribution in [2.24, 2.45) is 4.99 Å². The van der Waals surface area contributed by atoms with Crippen molar-refractivity contribution in [1.82, 2.24) is 15.6 Å². The van der Waals surface area contributed by atoms with Crippen molar-refractivity contribution in [3.8, 4) is 11.5 Å². The SMILES string of the molecule is CCNC(=NCCCOCC1CCCO1)NCCc1coc(-c2ccc(C)cc2)n1.I. The van der Waals surface area contributed by atoms with E-state index < -0.39 is 0 Å². The fraction of sp³-hybridized carbons (Fsp3) is 0.565. The summed E-state index contributed by atoms with van der Waals surface area (Å²) in [5, 5.41) is 6.63. The van der Waals surface area contributed by atoms with Gasteiger partial charge in [-0.1, -0.05) is 17.7 Å². The first-order valence-corrected chi connectivity index (χ1v) is 11.0. The molecule has 2 aromatic rings. The van der Waals surface area contributed by atoms with E-state index in [1.165, 1.54) is 5.56 Å². The van der Waals surface area contributed by atoms with Crippen LogP contribution in [0.4, 0.5) is 0 Å². The minimum atomic E-state index is 0. The number of halogens is 1. The minimum absolute atomic E-state index is 0. The van der Waals surface area contributed by atoms with Crippen LogP contribution in [0.5, 0.6) is 0 Å². The number of aryl methyl sites for hydroxylation is 1. The van der Waals surface area contributed by atoms with Gasteiger partial charge in [0.1, 0.15) is 6.26 Å². The number of ether oxygens (including phenoxy) is 2. The van der Waals surface area contributed by atoms with Crippen molar-refractivity contribution in [2.45, 2.75) is 45.6 Å². The number of nitrogens with one attached hydrogen (secondary N) is 2. The third kappa shape index (κ3) is 9.16. The molecular formula is C23H35IN4O3. The molecule has 0 radical (unpaired) electrons. The van der Waals surface area contributed by atoms with Crippen LogP contribution in [0.25, 0.3) is 11.5 Å². The molecule has 1 atom stereocenters. The molecule has 8 heteroatoms. The highest BCUT2D eigenvalue weighted by atomic mass is 127. The second-order valence-electron chi connectivity index (χ2n) is 7.51. The highest BCUT2D eigenvalue weighted by Crippen LogP contribution is 2.19. The second-order valence-corrected chi connectivity index (χ2v) is 7.51. The fourth-order valence-corrected chi connectivity index (χ4v) is 3.25. The molecule has 0 spiro atoms. The zero-order chi connectivity index (χ0) is 21.0. The Morgan fingerprint density at radius 2 is 2.10 bits per heavy atom. The molecule has 0 amide bonds. The summed E-state index contributed by atoms with van der Waals surface area (Å²) in [5.74, 6) is 1.48. The van der Waals surface area contributed by atoms with Crippen molar-refractivity contribution >= 4 is 29.9 Å². The molecule has 1 fully saturated rings. The quantitative estimate of drug-likeness (QED) is 0.194. The van der Waals surface area contributed by atoms with Crippen LogP contribution in [0.15, 0.2) is 39.9 Å². The molecule has 31 heavy (non-hydrogen) atoms. The average Bonchev–Trinajstić information content (AvgIpc) is 3.43. The summed E-state index contributed by atoms with van der Waals surface area (Å²) in [6, 6.07) is 8.19. The average molecular weight is 542 g/mol. The third-order valence-electron chi connectivity index (χ3n) is 4.91. The molecule has 1 saturated heterocycles. The van der Waals surface area contributed by atoms with E-state index in [9.17, 15) is 0 Å². The van der Waals surface area contributed by atoms with E-state index in [0.29, 0.717) is 19.1 Å². The Labute approximate surface area is 202 Å². The van der Waals surface area contributed by atoms with E-state index in [4.69, 9.17) is 13.9 Å². The molecule has 2 heterocycles. The van der Waals surface area contributed by atoms with E-state index in [0.717, 1.165) is 69.1 Å². The maximum atomic E-state index is 5.69. The summed E-state index contributed by atoms with van der Waals surface area (Å²) in [4.78, 5) is 9.20. The van der Waals surface area contributed by atoms with Gasteiger partial charge >= 0.3 is 0 Å². The van der Waals surface area contributed by atoms with E-state index in [1.54, 1.807) is 6.26 Å². The molecule has 1 aromatic heterocycles. The molecule has 0 bridgehead atoms. The van der Waals surface area contributed by atoms with E-state index in [2.05, 4.69) is 46.6 Å². The van der Waals surface area contributed by atoms with Crippen LogP contribution in [-0.4, -0.2) is 56.5 Å². The fourth-order valence-electron chi connectivity index (χ4n) is 3.25. The first-order valence-electron chi connectivity index (χ1n) is 11.0. The van der Waals surface area contributed by atoms with Gasteiger partial charge in [-0.3, -0.25) is 4.99 Å². The largest absolute Gasteiger partial charge is 0.444 e. The lowest BCUT2D eigenvalue weighted by atomic mass is 10.1. The topological polar surface area (TPSA) is 80.9 Å². The summed E-state index contributed by atoms with van der Waals surface area (Å²) in [6.07, 6.45) is 5.95. The van der Waals surface area contributed by atoms with Crippen LogP contribution in [-0.2, 0) is 15.9 Å². The molecule has 2 N–H and O–H groups in total. The van der Waals surface area contributed by atoms with Crippen molar-refractivity contribution in [3.05, 3.63) is 41.8 Å². The van der Waals surface area contributed by atoms with Gasteiger partial charge in [0.15, 0.2) is 5.96 Å². The number of hydrogen-bond donors (Lipinski definition) is 2. The van der Waals surface area contributed by atoms with Crippen LogP contribution < -0.4 is 10.6 Å². The number of benzene rings is 1. The molecule has 0 saturated carbocycles. The molecular weight excluding hydrogens is 507 g/mol. The van der Waals surface area contributed by atoms with Gasteiger partial charge in [-0.25, -0.2) is 4.98 Å². The Hall–Kier alpha value is -1.65. The Balaban J connectivity index is 0.00000341. The van der Waals surface area contributed by atoms with Crippen LogP contribution in [0.3, 0.4) is 0 Å². The normalized spacial score (nSPS) is 16.2. The lowest BCUT2D eigenvalue weighted by Crippen LogP contribution is -2.38. The number of nitrogens with zero attached hydrogens (tertiary/aromatic N) is 2. The van der Waals surface area contributed by atoms with E-state index in [1.807, 2.05) is 12.1 Å². The summed E-state index contributed by atoms with van der Waals surface area (Å²) < 4.78 is 16.9. The number of guanidine groups is 1. The van der Waals surface area contributed by atoms with Gasteiger partial charge in [0, 0.05) is 44.8 Å². The van der Waals surface area contributed by atoms with Crippen LogP contribution in [0, 0.1) is 6.92 Å². The van der Waals surface area contributed by atoms with Crippen molar-refractivity contribution in [3.63, 3.8) is 0 Å². The van der Waals surface area contributed by atoms with Gasteiger partial charge in [0.25, 0.3) is 0 Å². The Morgan fingerprint density at radius 1 is 1.26 bits per heavy atom. The van der Waals surface area contributed by atoms with Gasteiger partial charge in [-0.05, 0) is 45.2 Å². The Kier molecular flexibility index (Phi) is 11.9. The maximum absolute atomic E-state index is 5.69. The van der Waals surface area contributed by atoms with Crippen molar-refractivity contribution in [1.29, 1.82) is 0 Å². The highest BCUT2D eigenvalue weighted by Gasteiger charge is 2.14. The van der Waals surface area contributed by atoms with Crippen LogP contribution >= 0.6 is 24.0 Å². The predicted molar refractivity (Wildman–Crippen MR) is 134 cm³/mol. The van der Waals surface area contributed by atoms with Gasteiger partial charge in [0.2, 0.25) is 5.89 Å². The number of rotatable bonds is 11. The smallest absolute Gasteiger partial charge is 0.226 e. The van der Waals surface area contributed by atoms with Gasteiger partial charge in [-0.2, -0.15) is 0 Å². The number of hydrogen-bond acceptors (Lipinski definition) is 5. The summed E-state index contributed by atoms with van der Waals surface area (Å²) in [6.45, 7) is 8.70. The van der Waals surface area contributed by atoms with E-state index in [-0.39, 0.29) is 30.1 Å².